The van der Waals surface area contributed by atoms with Crippen LogP contribution in [0.2, 0.25) is 0 Å². The molecule has 8 rings (SSSR count). The molecule has 0 amide bonds. The fourth-order valence-electron chi connectivity index (χ4n) is 15.0. The van der Waals surface area contributed by atoms with Crippen LogP contribution in [0.5, 0.6) is 0 Å². The van der Waals surface area contributed by atoms with E-state index in [0.29, 0.717) is 25.7 Å². The molecule has 0 radical (unpaired) electrons. The number of hydrogen-bond donors (Lipinski definition) is 11. The van der Waals surface area contributed by atoms with E-state index in [1.165, 1.54) is 5.57 Å². The molecule has 0 aromatic carbocycles. The molecule has 0 spiro atoms. The molecule has 11 N–H and O–H groups in total. The van der Waals surface area contributed by atoms with Gasteiger partial charge in [0.1, 0.15) is 67.1 Å². The molecule has 0 aromatic rings. The maximum absolute atomic E-state index is 14.7. The van der Waals surface area contributed by atoms with Crippen molar-refractivity contribution < 1.29 is 94.2 Å². The van der Waals surface area contributed by atoms with Crippen LogP contribution in [-0.2, 0) is 38.0 Å². The molecular weight excluding hydrogens is 881 g/mol. The lowest BCUT2D eigenvalue weighted by molar-refractivity contribution is -0.374. The van der Waals surface area contributed by atoms with Crippen LogP contribution in [0.15, 0.2) is 11.6 Å². The van der Waals surface area contributed by atoms with Gasteiger partial charge in [0.15, 0.2) is 18.7 Å². The predicted molar refractivity (Wildman–Crippen MR) is 231 cm³/mol. The number of ether oxygens (including phenoxy) is 6. The number of aliphatic carboxylic acids is 1. The average Bonchev–Trinajstić information content (AvgIpc) is 3.26. The van der Waals surface area contributed by atoms with Crippen molar-refractivity contribution in [3.63, 3.8) is 0 Å². The summed E-state index contributed by atoms with van der Waals surface area (Å²) in [6.07, 6.45) is -16.4. The maximum atomic E-state index is 14.7. The summed E-state index contributed by atoms with van der Waals surface area (Å²) in [6.45, 7) is 14.4. The Morgan fingerprint density at radius 3 is 1.85 bits per heavy atom. The maximum Gasteiger partial charge on any atom is 0.335 e. The van der Waals surface area contributed by atoms with E-state index in [1.54, 1.807) is 0 Å². The van der Waals surface area contributed by atoms with Crippen molar-refractivity contribution in [3.8, 4) is 0 Å². The molecule has 7 fully saturated rings. The normalized spacial score (nSPS) is 52.6. The number of fused-ring (bicyclic) bond motifs is 7. The Hall–Kier alpha value is -1.92. The van der Waals surface area contributed by atoms with Crippen molar-refractivity contribution in [2.45, 2.75) is 211 Å². The van der Waals surface area contributed by atoms with Gasteiger partial charge in [-0.25, -0.2) is 4.79 Å². The van der Waals surface area contributed by atoms with E-state index >= 15 is 0 Å². The molecule has 23 atom stereocenters. The topological polar surface area (TPSA) is 312 Å². The summed E-state index contributed by atoms with van der Waals surface area (Å²) in [5.41, 5.74) is -1.05. The van der Waals surface area contributed by atoms with E-state index in [1.807, 2.05) is 0 Å². The highest BCUT2D eigenvalue weighted by Crippen LogP contribution is 2.76. The van der Waals surface area contributed by atoms with E-state index in [-0.39, 0.29) is 39.4 Å². The second-order valence-electron chi connectivity index (χ2n) is 23.5. The molecule has 3 saturated heterocycles. The molecule has 4 saturated carbocycles. The van der Waals surface area contributed by atoms with Gasteiger partial charge in [-0.05, 0) is 109 Å². The van der Waals surface area contributed by atoms with Gasteiger partial charge < -0.3 is 84.6 Å². The summed E-state index contributed by atoms with van der Waals surface area (Å²) in [5, 5.41) is 115. The first-order valence-corrected chi connectivity index (χ1v) is 24.3. The minimum Gasteiger partial charge on any atom is -0.479 e. The van der Waals surface area contributed by atoms with E-state index in [0.717, 1.165) is 38.5 Å². The summed E-state index contributed by atoms with van der Waals surface area (Å²) in [7, 11) is 0. The first-order chi connectivity index (χ1) is 31.2. The Kier molecular flexibility index (Phi) is 13.8. The number of carbonyl (C=O) groups is 2. The summed E-state index contributed by atoms with van der Waals surface area (Å²) < 4.78 is 35.7. The molecule has 0 aromatic heterocycles. The standard InChI is InChI=1S/C48H76O19/c1-43(2)14-16-48(42(61)67-40-35(58)31(54)29(52)24(20-50)63-40)17-15-46(6)21(22(48)18-43)8-9-26-45(5)12-11-27(44(3,4)25(45)10-13-47(26,46)7)64-41-37(33(56)32(55)36(65-41)38(59)60)66-39-34(57)30(53)28(51)23(19-49)62-39/h8,22-37,39-41,49-58H,9-20H2,1-7H3,(H,59,60)/t22-,23+,24+,25+,26+,27-,28-,29+,30-,31-,32-,33-,34-,35+,36-,37+,39-,40-,41+,45-,46+,47+,48-/m0/s1. The van der Waals surface area contributed by atoms with E-state index in [4.69, 9.17) is 28.4 Å². The molecule has 8 aliphatic rings. The number of hydrogen-bond acceptors (Lipinski definition) is 18. The molecule has 382 valence electrons. The smallest absolute Gasteiger partial charge is 0.335 e. The Morgan fingerprint density at radius 1 is 0.642 bits per heavy atom. The van der Waals surface area contributed by atoms with Crippen LogP contribution in [0, 0.1) is 50.2 Å². The zero-order valence-electron chi connectivity index (χ0n) is 39.7. The monoisotopic (exact) mass is 956 g/mol. The third kappa shape index (κ3) is 8.06. The van der Waals surface area contributed by atoms with Crippen molar-refractivity contribution in [3.05, 3.63) is 11.6 Å². The van der Waals surface area contributed by atoms with E-state index in [9.17, 15) is 65.8 Å². The summed E-state index contributed by atoms with van der Waals surface area (Å²) in [6, 6.07) is 0. The van der Waals surface area contributed by atoms with Gasteiger partial charge in [-0.1, -0.05) is 60.1 Å². The SMILES string of the molecule is CC1(C)CC[C@]2(C(=O)O[C@@H]3O[C@H](CO)[C@@H](O)[C@H](O)[C@H]3O)CC[C@]3(C)C(=CC[C@@H]4[C@@]5(C)CC[C@H](O[C@@H]6O[C@H](C(=O)O)[C@@H](O)[C@H](O)[C@H]6O[C@@H]6O[C@H](CO)[C@H](O)[C@H](O)[C@@H]6O)C(C)(C)[C@H]5CC[C@]43C)[C@@H]2C1. The average molecular weight is 957 g/mol. The number of aliphatic hydroxyl groups is 10. The molecule has 0 unspecified atom stereocenters. The highest BCUT2D eigenvalue weighted by Gasteiger charge is 2.70. The fraction of sp³-hybridized carbons (Fsp3) is 0.917. The predicted octanol–water partition coefficient (Wildman–Crippen LogP) is 0.233. The highest BCUT2D eigenvalue weighted by molar-refractivity contribution is 5.79. The Balaban J connectivity index is 1.05. The van der Waals surface area contributed by atoms with Crippen molar-refractivity contribution >= 4 is 11.9 Å². The molecule has 0 bridgehead atoms. The quantitative estimate of drug-likeness (QED) is 0.0838. The number of carboxylic acid groups (broad SMARTS) is 1. The van der Waals surface area contributed by atoms with Crippen LogP contribution in [0.25, 0.3) is 0 Å². The van der Waals surface area contributed by atoms with Crippen LogP contribution in [0.4, 0.5) is 0 Å². The minimum absolute atomic E-state index is 0.0828. The fourth-order valence-corrected chi connectivity index (χ4v) is 15.0. The number of carbonyl (C=O) groups excluding carboxylic acids is 1. The van der Waals surface area contributed by atoms with Crippen LogP contribution < -0.4 is 0 Å². The van der Waals surface area contributed by atoms with E-state index in [2.05, 4.69) is 54.5 Å². The van der Waals surface area contributed by atoms with Crippen molar-refractivity contribution in [1.82, 2.24) is 0 Å². The van der Waals surface area contributed by atoms with Crippen LogP contribution in [0.3, 0.4) is 0 Å². The number of carboxylic acids is 1. The lowest BCUT2D eigenvalue weighted by Gasteiger charge is -2.71. The molecule has 5 aliphatic carbocycles. The second-order valence-corrected chi connectivity index (χ2v) is 23.5. The van der Waals surface area contributed by atoms with Gasteiger partial charge in [-0.15, -0.1) is 0 Å². The lowest BCUT2D eigenvalue weighted by Crippen LogP contribution is -2.67. The first-order valence-electron chi connectivity index (χ1n) is 24.3. The van der Waals surface area contributed by atoms with Crippen LogP contribution in [0.1, 0.15) is 113 Å². The van der Waals surface area contributed by atoms with Crippen molar-refractivity contribution in [2.24, 2.45) is 50.2 Å². The summed E-state index contributed by atoms with van der Waals surface area (Å²) >= 11 is 0. The molecule has 19 heteroatoms. The lowest BCUT2D eigenvalue weighted by atomic mass is 9.33. The third-order valence-corrected chi connectivity index (χ3v) is 19.3. The van der Waals surface area contributed by atoms with Gasteiger partial charge in [0.2, 0.25) is 6.29 Å². The first kappa shape index (κ1) is 51.4. The summed E-state index contributed by atoms with van der Waals surface area (Å²) in [5.74, 6) is -1.94. The molecule has 67 heavy (non-hydrogen) atoms. The van der Waals surface area contributed by atoms with Gasteiger partial charge in [-0.2, -0.15) is 0 Å². The molecular formula is C48H76O19. The Morgan fingerprint density at radius 2 is 1.24 bits per heavy atom. The Labute approximate surface area is 391 Å². The molecule has 3 heterocycles. The summed E-state index contributed by atoms with van der Waals surface area (Å²) in [4.78, 5) is 27.0. The van der Waals surface area contributed by atoms with E-state index < -0.39 is 134 Å². The van der Waals surface area contributed by atoms with Crippen LogP contribution >= 0.6 is 0 Å². The van der Waals surface area contributed by atoms with Crippen molar-refractivity contribution in [1.29, 1.82) is 0 Å². The van der Waals surface area contributed by atoms with Gasteiger partial charge in [0.25, 0.3) is 0 Å². The zero-order valence-corrected chi connectivity index (χ0v) is 39.7. The van der Waals surface area contributed by atoms with Crippen LogP contribution in [-0.4, -0.2) is 180 Å². The van der Waals surface area contributed by atoms with Gasteiger partial charge >= 0.3 is 11.9 Å². The number of allylic oxidation sites excluding steroid dienone is 2. The Bertz CT molecular complexity index is 1870. The second kappa shape index (κ2) is 18.0. The number of rotatable bonds is 9. The number of aliphatic hydroxyl groups excluding tert-OH is 10. The largest absolute Gasteiger partial charge is 0.479 e. The van der Waals surface area contributed by atoms with Gasteiger partial charge in [0.05, 0.1) is 24.7 Å². The van der Waals surface area contributed by atoms with Gasteiger partial charge in [0, 0.05) is 0 Å². The molecule has 3 aliphatic heterocycles. The highest BCUT2D eigenvalue weighted by atomic mass is 16.8. The minimum atomic E-state index is -1.98. The number of esters is 1. The third-order valence-electron chi connectivity index (χ3n) is 19.3. The van der Waals surface area contributed by atoms with Gasteiger partial charge in [-0.3, -0.25) is 4.79 Å². The molecule has 19 nitrogen and oxygen atoms in total. The zero-order chi connectivity index (χ0) is 49.1. The van der Waals surface area contributed by atoms with Crippen molar-refractivity contribution in [2.75, 3.05) is 13.2 Å².